The van der Waals surface area contributed by atoms with Gasteiger partial charge >= 0.3 is 0 Å². The van der Waals surface area contributed by atoms with Gasteiger partial charge in [0.15, 0.2) is 0 Å². The smallest absolute Gasteiger partial charge is 0.251 e. The van der Waals surface area contributed by atoms with Crippen LogP contribution in [-0.2, 0) is 9.53 Å². The Balaban J connectivity index is 1.71. The summed E-state index contributed by atoms with van der Waals surface area (Å²) in [7, 11) is 0. The molecule has 2 aliphatic rings. The third kappa shape index (κ3) is 3.44. The van der Waals surface area contributed by atoms with Crippen LogP contribution in [0.25, 0.3) is 0 Å². The summed E-state index contributed by atoms with van der Waals surface area (Å²) in [5, 5.41) is 5.85. The minimum atomic E-state index is -0.130. The van der Waals surface area contributed by atoms with Crippen molar-refractivity contribution in [2.24, 2.45) is 0 Å². The molecule has 6 heteroatoms. The molecular formula is C16H20N2O3S. The molecule has 118 valence electrons. The number of carbonyl (C=O) groups excluding carboxylic acids is 2. The highest BCUT2D eigenvalue weighted by molar-refractivity contribution is 7.99. The molecule has 0 spiro atoms. The zero-order valence-electron chi connectivity index (χ0n) is 12.6. The van der Waals surface area contributed by atoms with Crippen LogP contribution in [0.3, 0.4) is 0 Å². The van der Waals surface area contributed by atoms with Crippen molar-refractivity contribution in [1.82, 2.24) is 5.32 Å². The lowest BCUT2D eigenvalue weighted by atomic mass is 10.1. The number of benzene rings is 1. The fourth-order valence-electron chi connectivity index (χ4n) is 2.74. The number of carbonyl (C=O) groups is 2. The van der Waals surface area contributed by atoms with Crippen molar-refractivity contribution in [3.8, 4) is 0 Å². The summed E-state index contributed by atoms with van der Waals surface area (Å²) in [5.74, 6) is 0.631. The third-order valence-corrected chi connectivity index (χ3v) is 5.06. The number of fused-ring (bicyclic) bond motifs is 1. The summed E-state index contributed by atoms with van der Waals surface area (Å²) < 4.78 is 5.60. The molecule has 2 N–H and O–H groups in total. The topological polar surface area (TPSA) is 67.4 Å². The molecule has 5 nitrogen and oxygen atoms in total. The van der Waals surface area contributed by atoms with Crippen molar-refractivity contribution in [3.63, 3.8) is 0 Å². The van der Waals surface area contributed by atoms with Crippen LogP contribution in [0, 0.1) is 0 Å². The van der Waals surface area contributed by atoms with E-state index in [1.165, 1.54) is 0 Å². The Morgan fingerprint density at radius 3 is 3.14 bits per heavy atom. The molecule has 0 saturated carbocycles. The molecule has 22 heavy (non-hydrogen) atoms. The van der Waals surface area contributed by atoms with E-state index < -0.39 is 0 Å². The van der Waals surface area contributed by atoms with E-state index in [4.69, 9.17) is 4.74 Å². The van der Waals surface area contributed by atoms with Gasteiger partial charge in [-0.05, 0) is 38.0 Å². The van der Waals surface area contributed by atoms with Crippen LogP contribution in [-0.4, -0.2) is 36.3 Å². The van der Waals surface area contributed by atoms with Crippen LogP contribution in [0.15, 0.2) is 23.1 Å². The van der Waals surface area contributed by atoms with Crippen molar-refractivity contribution < 1.29 is 14.3 Å². The van der Waals surface area contributed by atoms with Gasteiger partial charge in [0.2, 0.25) is 5.91 Å². The summed E-state index contributed by atoms with van der Waals surface area (Å²) in [6.07, 6.45) is 2.63. The second-order valence-electron chi connectivity index (χ2n) is 5.67. The number of amides is 2. The maximum Gasteiger partial charge on any atom is 0.251 e. The van der Waals surface area contributed by atoms with Crippen LogP contribution >= 0.6 is 11.8 Å². The fraction of sp³-hybridized carbons (Fsp3) is 0.500. The lowest BCUT2D eigenvalue weighted by molar-refractivity contribution is -0.115. The number of hydrogen-bond donors (Lipinski definition) is 2. The van der Waals surface area contributed by atoms with E-state index in [-0.39, 0.29) is 24.0 Å². The minimum absolute atomic E-state index is 0.00321. The molecule has 2 atom stereocenters. The molecule has 1 aromatic carbocycles. The van der Waals surface area contributed by atoms with Crippen LogP contribution in [0.4, 0.5) is 5.69 Å². The average Bonchev–Trinajstić information content (AvgIpc) is 2.96. The van der Waals surface area contributed by atoms with Gasteiger partial charge in [-0.15, -0.1) is 11.8 Å². The lowest BCUT2D eigenvalue weighted by Gasteiger charge is -2.20. The number of anilines is 1. The summed E-state index contributed by atoms with van der Waals surface area (Å²) in [5.41, 5.74) is 1.29. The highest BCUT2D eigenvalue weighted by Crippen LogP contribution is 2.31. The van der Waals surface area contributed by atoms with Crippen LogP contribution in [0.5, 0.6) is 0 Å². The average molecular weight is 320 g/mol. The predicted molar refractivity (Wildman–Crippen MR) is 86.3 cm³/mol. The normalized spacial score (nSPS) is 22.4. The molecule has 1 saturated heterocycles. The Kier molecular flexibility index (Phi) is 4.69. The largest absolute Gasteiger partial charge is 0.376 e. The molecule has 0 aliphatic carbocycles. The van der Waals surface area contributed by atoms with Gasteiger partial charge in [0.1, 0.15) is 0 Å². The van der Waals surface area contributed by atoms with E-state index in [1.54, 1.807) is 23.9 Å². The fourth-order valence-corrected chi connectivity index (χ4v) is 3.68. The Bertz CT molecular complexity index is 585. The van der Waals surface area contributed by atoms with E-state index in [1.807, 2.05) is 13.0 Å². The summed E-state index contributed by atoms with van der Waals surface area (Å²) in [6.45, 7) is 2.74. The molecule has 2 heterocycles. The van der Waals surface area contributed by atoms with Gasteiger partial charge in [0.05, 0.1) is 17.8 Å². The molecule has 1 aromatic rings. The van der Waals surface area contributed by atoms with Crippen molar-refractivity contribution in [1.29, 1.82) is 0 Å². The second kappa shape index (κ2) is 6.71. The van der Waals surface area contributed by atoms with Crippen molar-refractivity contribution in [2.75, 3.05) is 17.7 Å². The molecule has 0 unspecified atom stereocenters. The monoisotopic (exact) mass is 320 g/mol. The van der Waals surface area contributed by atoms with E-state index >= 15 is 0 Å². The zero-order valence-corrected chi connectivity index (χ0v) is 13.4. The number of rotatable bonds is 3. The van der Waals surface area contributed by atoms with Gasteiger partial charge in [-0.1, -0.05) is 0 Å². The molecule has 0 bridgehead atoms. The number of ether oxygens (including phenoxy) is 1. The minimum Gasteiger partial charge on any atom is -0.376 e. The first-order valence-electron chi connectivity index (χ1n) is 7.62. The van der Waals surface area contributed by atoms with Crippen LogP contribution in [0.2, 0.25) is 0 Å². The number of thioether (sulfide) groups is 1. The second-order valence-corrected chi connectivity index (χ2v) is 6.81. The van der Waals surface area contributed by atoms with E-state index in [0.717, 1.165) is 35.8 Å². The Morgan fingerprint density at radius 1 is 1.50 bits per heavy atom. The maximum atomic E-state index is 12.4. The summed E-state index contributed by atoms with van der Waals surface area (Å²) in [6, 6.07) is 5.44. The Labute approximate surface area is 134 Å². The predicted octanol–water partition coefficient (Wildman–Crippen LogP) is 2.42. The third-order valence-electron chi connectivity index (χ3n) is 3.98. The quantitative estimate of drug-likeness (QED) is 0.897. The Morgan fingerprint density at radius 2 is 2.36 bits per heavy atom. The highest BCUT2D eigenvalue weighted by atomic mass is 32.2. The molecule has 2 aliphatic heterocycles. The van der Waals surface area contributed by atoms with Gasteiger partial charge in [0.25, 0.3) is 5.91 Å². The zero-order chi connectivity index (χ0) is 15.5. The van der Waals surface area contributed by atoms with Gasteiger partial charge in [0, 0.05) is 29.2 Å². The van der Waals surface area contributed by atoms with Crippen molar-refractivity contribution in [2.45, 2.75) is 43.2 Å². The Hall–Kier alpha value is -1.53. The summed E-state index contributed by atoms with van der Waals surface area (Å²) in [4.78, 5) is 25.0. The first-order chi connectivity index (χ1) is 10.6. The van der Waals surface area contributed by atoms with E-state index in [9.17, 15) is 9.59 Å². The number of hydrogen-bond acceptors (Lipinski definition) is 4. The van der Waals surface area contributed by atoms with Crippen molar-refractivity contribution in [3.05, 3.63) is 23.8 Å². The summed E-state index contributed by atoms with van der Waals surface area (Å²) >= 11 is 1.63. The first-order valence-corrected chi connectivity index (χ1v) is 8.61. The van der Waals surface area contributed by atoms with Gasteiger partial charge in [-0.25, -0.2) is 0 Å². The van der Waals surface area contributed by atoms with Gasteiger partial charge < -0.3 is 15.4 Å². The standard InChI is InChI=1S/C16H20N2O3S/c1-10(13-3-2-7-21-13)17-16(20)11-4-5-14-12(9-11)18-15(19)6-8-22-14/h4-5,9-10,13H,2-3,6-8H2,1H3,(H,17,20)(H,18,19)/t10-,13+/m1/s1. The van der Waals surface area contributed by atoms with Crippen LogP contribution < -0.4 is 10.6 Å². The van der Waals surface area contributed by atoms with Gasteiger partial charge in [-0.3, -0.25) is 9.59 Å². The molecular weight excluding hydrogens is 300 g/mol. The molecule has 0 aromatic heterocycles. The lowest BCUT2D eigenvalue weighted by Crippen LogP contribution is -2.40. The SMILES string of the molecule is C[C@@H](NC(=O)c1ccc2c(c1)NC(=O)CCS2)[C@@H]1CCCO1. The molecule has 3 rings (SSSR count). The van der Waals surface area contributed by atoms with Crippen molar-refractivity contribution >= 4 is 29.3 Å². The van der Waals surface area contributed by atoms with E-state index in [0.29, 0.717) is 12.0 Å². The molecule has 1 fully saturated rings. The van der Waals surface area contributed by atoms with E-state index in [2.05, 4.69) is 10.6 Å². The van der Waals surface area contributed by atoms with Crippen LogP contribution in [0.1, 0.15) is 36.5 Å². The first kappa shape index (κ1) is 15.4. The highest BCUT2D eigenvalue weighted by Gasteiger charge is 2.24. The molecule has 0 radical (unpaired) electrons. The maximum absolute atomic E-state index is 12.4. The number of nitrogens with one attached hydrogen (secondary N) is 2. The molecule has 2 amide bonds. The van der Waals surface area contributed by atoms with Gasteiger partial charge in [-0.2, -0.15) is 0 Å².